The van der Waals surface area contributed by atoms with Gasteiger partial charge in [-0.1, -0.05) is 11.6 Å². The number of nitrogens with zero attached hydrogens (tertiary/aromatic N) is 2. The molecule has 1 aromatic carbocycles. The molecule has 0 bridgehead atoms. The Balaban J connectivity index is 2.44. The summed E-state index contributed by atoms with van der Waals surface area (Å²) in [6, 6.07) is 6.61. The molecular weight excluding hydrogens is 208 g/mol. The Morgan fingerprint density at radius 1 is 1.00 bits per heavy atom. The molecule has 3 heterocycles. The Labute approximate surface area is 98.8 Å². The van der Waals surface area contributed by atoms with Crippen molar-refractivity contribution in [3.8, 4) is 0 Å². The quantitative estimate of drug-likeness (QED) is 0.441. The van der Waals surface area contributed by atoms with Gasteiger partial charge in [0.1, 0.15) is 0 Å². The summed E-state index contributed by atoms with van der Waals surface area (Å²) in [5.74, 6) is 0. The van der Waals surface area contributed by atoms with Gasteiger partial charge in [0, 0.05) is 34.7 Å². The van der Waals surface area contributed by atoms with E-state index in [9.17, 15) is 0 Å². The molecule has 0 radical (unpaired) electrons. The summed E-state index contributed by atoms with van der Waals surface area (Å²) in [6.45, 7) is 4.27. The van der Waals surface area contributed by atoms with Crippen molar-refractivity contribution < 1.29 is 0 Å². The highest BCUT2D eigenvalue weighted by Crippen LogP contribution is 2.34. The van der Waals surface area contributed by atoms with Crippen molar-refractivity contribution in [3.63, 3.8) is 0 Å². The van der Waals surface area contributed by atoms with E-state index in [1.807, 2.05) is 12.4 Å². The Morgan fingerprint density at radius 3 is 2.71 bits per heavy atom. The van der Waals surface area contributed by atoms with E-state index in [2.05, 4.69) is 47.6 Å². The molecule has 0 N–H and O–H groups in total. The van der Waals surface area contributed by atoms with E-state index < -0.39 is 0 Å². The lowest BCUT2D eigenvalue weighted by Crippen LogP contribution is -1.77. The summed E-state index contributed by atoms with van der Waals surface area (Å²) in [5.41, 5.74) is 5.17. The summed E-state index contributed by atoms with van der Waals surface area (Å²) < 4.78 is 2.29. The Kier molecular flexibility index (Phi) is 1.47. The molecule has 4 aromatic rings. The van der Waals surface area contributed by atoms with Gasteiger partial charge in [-0.25, -0.2) is 0 Å². The Hall–Kier alpha value is -2.09. The van der Waals surface area contributed by atoms with Gasteiger partial charge in [0.25, 0.3) is 0 Å². The van der Waals surface area contributed by atoms with E-state index in [0.717, 1.165) is 0 Å². The number of fused-ring (bicyclic) bond motifs is 3. The van der Waals surface area contributed by atoms with Crippen molar-refractivity contribution in [2.24, 2.45) is 0 Å². The molecule has 0 atom stereocenters. The minimum Gasteiger partial charge on any atom is -0.315 e. The molecule has 3 aromatic heterocycles. The zero-order valence-electron chi connectivity index (χ0n) is 9.86. The average Bonchev–Trinajstić information content (AvgIpc) is 2.81. The van der Waals surface area contributed by atoms with Gasteiger partial charge in [0.2, 0.25) is 0 Å². The van der Waals surface area contributed by atoms with Gasteiger partial charge in [-0.15, -0.1) is 0 Å². The van der Waals surface area contributed by atoms with Crippen LogP contribution in [0, 0.1) is 13.8 Å². The molecule has 0 amide bonds. The van der Waals surface area contributed by atoms with Crippen molar-refractivity contribution in [2.45, 2.75) is 13.8 Å². The third-order valence-corrected chi connectivity index (χ3v) is 3.61. The molecule has 0 saturated heterocycles. The number of aromatic nitrogens is 2. The first kappa shape index (κ1) is 8.99. The maximum atomic E-state index is 4.37. The Morgan fingerprint density at radius 2 is 1.82 bits per heavy atom. The highest BCUT2D eigenvalue weighted by atomic mass is 14.9. The molecule has 0 saturated carbocycles. The summed E-state index contributed by atoms with van der Waals surface area (Å²) in [5, 5.41) is 3.82. The predicted octanol–water partition coefficient (Wildman–Crippen LogP) is 3.70. The molecule has 17 heavy (non-hydrogen) atoms. The lowest BCUT2D eigenvalue weighted by Gasteiger charge is -1.95. The molecule has 0 aliphatic heterocycles. The highest BCUT2D eigenvalue weighted by molar-refractivity contribution is 6.14. The van der Waals surface area contributed by atoms with E-state index >= 15 is 0 Å². The topological polar surface area (TPSA) is 17.3 Å². The van der Waals surface area contributed by atoms with Crippen LogP contribution in [0.4, 0.5) is 0 Å². The lowest BCUT2D eigenvalue weighted by molar-refractivity contribution is 1.28. The minimum atomic E-state index is 1.26. The van der Waals surface area contributed by atoms with Crippen molar-refractivity contribution >= 4 is 27.2 Å². The van der Waals surface area contributed by atoms with Gasteiger partial charge in [-0.05, 0) is 31.5 Å². The van der Waals surface area contributed by atoms with E-state index in [-0.39, 0.29) is 0 Å². The molecule has 0 fully saturated rings. The van der Waals surface area contributed by atoms with E-state index in [0.29, 0.717) is 0 Å². The molecule has 82 valence electrons. The van der Waals surface area contributed by atoms with E-state index in [4.69, 9.17) is 0 Å². The van der Waals surface area contributed by atoms with Crippen LogP contribution in [-0.4, -0.2) is 9.38 Å². The normalized spacial score (nSPS) is 12.1. The van der Waals surface area contributed by atoms with Crippen molar-refractivity contribution in [2.75, 3.05) is 0 Å². The summed E-state index contributed by atoms with van der Waals surface area (Å²) in [6.07, 6.45) is 6.14. The fourth-order valence-electron chi connectivity index (χ4n) is 2.79. The third-order valence-electron chi connectivity index (χ3n) is 3.61. The third kappa shape index (κ3) is 0.978. The second-order valence-corrected chi connectivity index (χ2v) is 4.79. The van der Waals surface area contributed by atoms with E-state index in [1.165, 1.54) is 38.3 Å². The Bertz CT molecular complexity index is 850. The zero-order valence-corrected chi connectivity index (χ0v) is 9.86. The lowest BCUT2D eigenvalue weighted by atomic mass is 10.1. The van der Waals surface area contributed by atoms with Crippen LogP contribution in [0.3, 0.4) is 0 Å². The molecule has 2 nitrogen and oxygen atoms in total. The second-order valence-electron chi connectivity index (χ2n) is 4.79. The van der Waals surface area contributed by atoms with Gasteiger partial charge in [0.15, 0.2) is 0 Å². The first-order chi connectivity index (χ1) is 8.25. The van der Waals surface area contributed by atoms with Crippen LogP contribution >= 0.6 is 0 Å². The number of pyridine rings is 1. The minimum absolute atomic E-state index is 1.26. The first-order valence-corrected chi connectivity index (χ1v) is 5.83. The number of aryl methyl sites for hydroxylation is 2. The van der Waals surface area contributed by atoms with Crippen LogP contribution in [0.2, 0.25) is 0 Å². The van der Waals surface area contributed by atoms with E-state index in [1.54, 1.807) is 0 Å². The standard InChI is InChI=1S/C15H12N2/c1-9-3-4-14-11(5-9)13-7-16-6-12-10(2)8-17(14)15(12)13/h3-8H,1-2H3. The molecule has 0 unspecified atom stereocenters. The van der Waals surface area contributed by atoms with Gasteiger partial charge in [-0.2, -0.15) is 0 Å². The van der Waals surface area contributed by atoms with Gasteiger partial charge in [0.05, 0.1) is 11.0 Å². The fourth-order valence-corrected chi connectivity index (χ4v) is 2.79. The van der Waals surface area contributed by atoms with Crippen LogP contribution in [-0.2, 0) is 0 Å². The molecular formula is C15H12N2. The molecule has 0 spiro atoms. The van der Waals surface area contributed by atoms with Gasteiger partial charge in [-0.3, -0.25) is 4.98 Å². The smallest absolute Gasteiger partial charge is 0.0641 e. The SMILES string of the molecule is Cc1ccc2c(c1)c1cncc3c(C)cn2c31. The molecule has 0 aliphatic rings. The van der Waals surface area contributed by atoms with Crippen LogP contribution < -0.4 is 0 Å². The number of benzene rings is 1. The first-order valence-electron chi connectivity index (χ1n) is 5.83. The zero-order chi connectivity index (χ0) is 11.6. The predicted molar refractivity (Wildman–Crippen MR) is 70.9 cm³/mol. The van der Waals surface area contributed by atoms with Crippen LogP contribution in [0.15, 0.2) is 36.8 Å². The summed E-state index contributed by atoms with van der Waals surface area (Å²) in [7, 11) is 0. The maximum Gasteiger partial charge on any atom is 0.0641 e. The van der Waals surface area contributed by atoms with Crippen LogP contribution in [0.25, 0.3) is 27.2 Å². The number of hydrogen-bond acceptors (Lipinski definition) is 1. The monoisotopic (exact) mass is 220 g/mol. The van der Waals surface area contributed by atoms with Gasteiger partial charge < -0.3 is 4.40 Å². The largest absolute Gasteiger partial charge is 0.315 e. The number of hydrogen-bond donors (Lipinski definition) is 0. The molecule has 2 heteroatoms. The molecule has 0 aliphatic carbocycles. The van der Waals surface area contributed by atoms with Crippen LogP contribution in [0.5, 0.6) is 0 Å². The van der Waals surface area contributed by atoms with Crippen molar-refractivity contribution in [1.29, 1.82) is 0 Å². The highest BCUT2D eigenvalue weighted by Gasteiger charge is 2.13. The second kappa shape index (κ2) is 2.77. The summed E-state index contributed by atoms with van der Waals surface area (Å²) in [4.78, 5) is 4.37. The molecule has 4 rings (SSSR count). The van der Waals surface area contributed by atoms with Crippen molar-refractivity contribution in [3.05, 3.63) is 47.9 Å². The van der Waals surface area contributed by atoms with Gasteiger partial charge >= 0.3 is 0 Å². The maximum absolute atomic E-state index is 4.37. The van der Waals surface area contributed by atoms with Crippen LogP contribution in [0.1, 0.15) is 11.1 Å². The van der Waals surface area contributed by atoms with Crippen molar-refractivity contribution in [1.82, 2.24) is 9.38 Å². The fraction of sp³-hybridized carbons (Fsp3) is 0.133. The summed E-state index contributed by atoms with van der Waals surface area (Å²) >= 11 is 0. The average molecular weight is 220 g/mol. The number of rotatable bonds is 0.